The fourth-order valence-corrected chi connectivity index (χ4v) is 0. The highest BCUT2D eigenvalue weighted by Crippen LogP contribution is 1.99. The quantitative estimate of drug-likeness (QED) is 0.429. The van der Waals surface area contributed by atoms with Crippen molar-refractivity contribution in [1.82, 2.24) is 0 Å². The summed E-state index contributed by atoms with van der Waals surface area (Å²) in [4.78, 5) is 0. The normalized spacial score (nSPS) is 15.0. The molecule has 0 saturated heterocycles. The first kappa shape index (κ1) is 5.43. The van der Waals surface area contributed by atoms with Gasteiger partial charge in [0, 0.05) is 0 Å². The molecule has 0 fully saturated rings. The van der Waals surface area contributed by atoms with Crippen molar-refractivity contribution in [3.8, 4) is 0 Å². The topological polar surface area (TPSA) is 0 Å². The summed E-state index contributed by atoms with van der Waals surface area (Å²) in [5, 5.41) is 0. The van der Waals surface area contributed by atoms with Crippen molar-refractivity contribution < 1.29 is 0 Å². The number of hydrogen-bond donors (Lipinski definition) is 0. The minimum Gasteiger partial charge on any atom is -0.135 e. The monoisotopic (exact) mass is 90.1 g/mol. The molecule has 0 spiro atoms. The molecule has 0 amide bonds. The van der Waals surface area contributed by atoms with Crippen LogP contribution in [0.15, 0.2) is 0 Å². The van der Waals surface area contributed by atoms with Gasteiger partial charge in [0.15, 0.2) is 0 Å². The maximum absolute atomic E-state index is 2.73. The predicted octanol–water partition coefficient (Wildman–Crippen LogP) is 1.66. The van der Waals surface area contributed by atoms with E-state index in [-0.39, 0.29) is 0 Å². The summed E-state index contributed by atoms with van der Waals surface area (Å²) >= 11 is 0. The predicted molar refractivity (Wildman–Crippen MR) is 29.5 cm³/mol. The maximum Gasteiger partial charge on any atom is -0.0295 e. The molecule has 1 heteroatoms. The van der Waals surface area contributed by atoms with E-state index in [1.54, 1.807) is 0 Å². The zero-order valence-corrected chi connectivity index (χ0v) is 5.02. The molecule has 0 aromatic rings. The highest BCUT2D eigenvalue weighted by Gasteiger charge is 1.80. The second-order valence-electron chi connectivity index (χ2n) is 1.39. The molecule has 1 unspecified atom stereocenters. The van der Waals surface area contributed by atoms with Crippen LogP contribution >= 0.6 is 9.24 Å². The van der Waals surface area contributed by atoms with E-state index in [0.29, 0.717) is 0 Å². The SMILES string of the molecule is CC[C@H](C)P. The Kier molecular flexibility index (Phi) is 2.88. The lowest BCUT2D eigenvalue weighted by Crippen LogP contribution is -1.80. The lowest BCUT2D eigenvalue weighted by Gasteiger charge is -1.90. The summed E-state index contributed by atoms with van der Waals surface area (Å²) in [5.74, 6) is 0. The molecular weight excluding hydrogens is 79.0 g/mol. The Bertz CT molecular complexity index is 17.6. The first-order chi connectivity index (χ1) is 2.27. The Balaban J connectivity index is 2.54. The second kappa shape index (κ2) is 2.66. The van der Waals surface area contributed by atoms with Crippen LogP contribution in [0.2, 0.25) is 0 Å². The minimum atomic E-state index is 0.801. The van der Waals surface area contributed by atoms with E-state index in [9.17, 15) is 0 Å². The van der Waals surface area contributed by atoms with Crippen LogP contribution in [-0.2, 0) is 0 Å². The summed E-state index contributed by atoms with van der Waals surface area (Å²) in [6.45, 7) is 4.36. The van der Waals surface area contributed by atoms with Gasteiger partial charge in [0.1, 0.15) is 0 Å². The van der Waals surface area contributed by atoms with E-state index in [2.05, 4.69) is 23.1 Å². The first-order valence-electron chi connectivity index (χ1n) is 2.03. The van der Waals surface area contributed by atoms with Crippen molar-refractivity contribution in [3.05, 3.63) is 0 Å². The Morgan fingerprint density at radius 1 is 1.80 bits per heavy atom. The van der Waals surface area contributed by atoms with Gasteiger partial charge in [0.05, 0.1) is 0 Å². The third kappa shape index (κ3) is 4.43. The molecule has 0 aliphatic rings. The highest BCUT2D eigenvalue weighted by atomic mass is 31.0. The van der Waals surface area contributed by atoms with Crippen molar-refractivity contribution >= 4 is 9.24 Å². The second-order valence-corrected chi connectivity index (χ2v) is 2.52. The van der Waals surface area contributed by atoms with E-state index >= 15 is 0 Å². The molecule has 2 atom stereocenters. The Morgan fingerprint density at radius 2 is 2.00 bits per heavy atom. The zero-order chi connectivity index (χ0) is 4.28. The van der Waals surface area contributed by atoms with Crippen LogP contribution in [0, 0.1) is 0 Å². The van der Waals surface area contributed by atoms with Crippen molar-refractivity contribution in [3.63, 3.8) is 0 Å². The molecule has 0 heterocycles. The Labute approximate surface area is 36.2 Å². The molecule has 32 valence electrons. The Hall–Kier alpha value is 0.430. The van der Waals surface area contributed by atoms with Gasteiger partial charge in [0.25, 0.3) is 0 Å². The smallest absolute Gasteiger partial charge is 0.0295 e. The third-order valence-electron chi connectivity index (χ3n) is 0.644. The largest absolute Gasteiger partial charge is 0.135 e. The lowest BCUT2D eigenvalue weighted by molar-refractivity contribution is 0.908. The van der Waals surface area contributed by atoms with Crippen molar-refractivity contribution in [2.24, 2.45) is 0 Å². The molecule has 0 aliphatic carbocycles. The average Bonchev–Trinajstić information content (AvgIpc) is 1.38. The molecule has 0 N–H and O–H groups in total. The van der Waals surface area contributed by atoms with Crippen LogP contribution in [0.1, 0.15) is 20.3 Å². The average molecular weight is 90.1 g/mol. The van der Waals surface area contributed by atoms with Gasteiger partial charge in [-0.2, -0.15) is 0 Å². The van der Waals surface area contributed by atoms with Crippen LogP contribution in [0.3, 0.4) is 0 Å². The molecule has 0 aromatic carbocycles. The van der Waals surface area contributed by atoms with Gasteiger partial charge >= 0.3 is 0 Å². The standard InChI is InChI=1S/C4H11P/c1-3-4(2)5/h4H,3,5H2,1-2H3/t4-/m0/s1. The van der Waals surface area contributed by atoms with E-state index in [1.165, 1.54) is 6.42 Å². The van der Waals surface area contributed by atoms with E-state index < -0.39 is 0 Å². The van der Waals surface area contributed by atoms with Crippen LogP contribution in [-0.4, -0.2) is 5.66 Å². The summed E-state index contributed by atoms with van der Waals surface area (Å²) < 4.78 is 0. The lowest BCUT2D eigenvalue weighted by atomic mass is 10.4. The fourth-order valence-electron chi connectivity index (χ4n) is 0. The highest BCUT2D eigenvalue weighted by molar-refractivity contribution is 7.17. The van der Waals surface area contributed by atoms with Gasteiger partial charge < -0.3 is 0 Å². The molecular formula is C4H11P. The van der Waals surface area contributed by atoms with Gasteiger partial charge in [-0.1, -0.05) is 20.3 Å². The molecule has 0 bridgehead atoms. The summed E-state index contributed by atoms with van der Waals surface area (Å²) in [7, 11) is 2.73. The van der Waals surface area contributed by atoms with Crippen LogP contribution in [0.4, 0.5) is 0 Å². The van der Waals surface area contributed by atoms with Gasteiger partial charge in [-0.3, -0.25) is 0 Å². The molecule has 0 saturated carbocycles. The molecule has 5 heavy (non-hydrogen) atoms. The third-order valence-corrected chi connectivity index (χ3v) is 1.12. The van der Waals surface area contributed by atoms with Gasteiger partial charge in [-0.25, -0.2) is 0 Å². The van der Waals surface area contributed by atoms with Crippen molar-refractivity contribution in [1.29, 1.82) is 0 Å². The van der Waals surface area contributed by atoms with Gasteiger partial charge in [0.2, 0.25) is 0 Å². The van der Waals surface area contributed by atoms with Crippen molar-refractivity contribution in [2.45, 2.75) is 25.9 Å². The molecule has 0 aromatic heterocycles. The van der Waals surface area contributed by atoms with E-state index in [4.69, 9.17) is 0 Å². The Morgan fingerprint density at radius 3 is 2.00 bits per heavy atom. The molecule has 0 radical (unpaired) electrons. The van der Waals surface area contributed by atoms with Gasteiger partial charge in [-0.15, -0.1) is 9.24 Å². The number of rotatable bonds is 1. The molecule has 0 aliphatic heterocycles. The van der Waals surface area contributed by atoms with Crippen LogP contribution < -0.4 is 0 Å². The first-order valence-corrected chi connectivity index (χ1v) is 2.69. The minimum absolute atomic E-state index is 0.801. The summed E-state index contributed by atoms with van der Waals surface area (Å²) in [6.07, 6.45) is 1.27. The maximum atomic E-state index is 2.73. The zero-order valence-electron chi connectivity index (χ0n) is 3.86. The fraction of sp³-hybridized carbons (Fsp3) is 1.00. The molecule has 0 nitrogen and oxygen atoms in total. The summed E-state index contributed by atoms with van der Waals surface area (Å²) in [6, 6.07) is 0. The van der Waals surface area contributed by atoms with Crippen molar-refractivity contribution in [2.75, 3.05) is 0 Å². The summed E-state index contributed by atoms with van der Waals surface area (Å²) in [5.41, 5.74) is 0.801. The molecule has 0 rings (SSSR count). The van der Waals surface area contributed by atoms with E-state index in [1.807, 2.05) is 0 Å². The van der Waals surface area contributed by atoms with Crippen LogP contribution in [0.5, 0.6) is 0 Å². The number of hydrogen-bond acceptors (Lipinski definition) is 0. The van der Waals surface area contributed by atoms with Crippen LogP contribution in [0.25, 0.3) is 0 Å². The van der Waals surface area contributed by atoms with E-state index in [0.717, 1.165) is 5.66 Å². The van der Waals surface area contributed by atoms with Gasteiger partial charge in [-0.05, 0) is 5.66 Å².